The summed E-state index contributed by atoms with van der Waals surface area (Å²) in [5, 5.41) is 13.6. The number of nitrogens with one attached hydrogen (secondary N) is 1. The maximum Gasteiger partial charge on any atom is 0.337 e. The van der Waals surface area contributed by atoms with E-state index in [0.717, 1.165) is 47.3 Å². The van der Waals surface area contributed by atoms with Gasteiger partial charge >= 0.3 is 5.97 Å². The molecule has 4 N–H and O–H groups in total. The van der Waals surface area contributed by atoms with Crippen LogP contribution in [0.2, 0.25) is 0 Å². The average molecular weight is 432 g/mol. The molecule has 32 heavy (non-hydrogen) atoms. The number of aryl methyl sites for hydroxylation is 1. The van der Waals surface area contributed by atoms with E-state index in [1.807, 2.05) is 25.4 Å². The molecule has 1 saturated carbocycles. The molecule has 1 aliphatic heterocycles. The monoisotopic (exact) mass is 432 g/mol. The van der Waals surface area contributed by atoms with E-state index < -0.39 is 5.97 Å². The molecule has 3 heterocycles. The number of fused-ring (bicyclic) bond motifs is 3. The average Bonchev–Trinajstić information content (AvgIpc) is 3.41. The second kappa shape index (κ2) is 6.49. The zero-order chi connectivity index (χ0) is 22.3. The number of nitrogens with zero attached hydrogens (tertiary/aromatic N) is 2. The molecule has 7 heteroatoms. The Labute approximate surface area is 185 Å². The second-order valence-corrected chi connectivity index (χ2v) is 9.49. The van der Waals surface area contributed by atoms with Gasteiger partial charge in [-0.25, -0.2) is 9.18 Å². The molecule has 164 valence electrons. The van der Waals surface area contributed by atoms with Gasteiger partial charge in [-0.15, -0.1) is 0 Å². The van der Waals surface area contributed by atoms with Crippen LogP contribution >= 0.6 is 0 Å². The third-order valence-electron chi connectivity index (χ3n) is 7.76. The van der Waals surface area contributed by atoms with Gasteiger partial charge in [0.05, 0.1) is 22.4 Å². The number of halogens is 1. The fraction of sp³-hybridized carbons (Fsp3) is 0.360. The van der Waals surface area contributed by atoms with Crippen molar-refractivity contribution in [3.05, 3.63) is 64.7 Å². The molecule has 0 unspecified atom stereocenters. The predicted molar refractivity (Wildman–Crippen MR) is 119 cm³/mol. The van der Waals surface area contributed by atoms with Gasteiger partial charge in [-0.3, -0.25) is 4.98 Å². The molecule has 0 atom stereocenters. The fourth-order valence-corrected chi connectivity index (χ4v) is 5.83. The summed E-state index contributed by atoms with van der Waals surface area (Å²) in [4.78, 5) is 17.1. The normalized spacial score (nSPS) is 19.6. The molecule has 2 aliphatic carbocycles. The van der Waals surface area contributed by atoms with E-state index >= 15 is 0 Å². The van der Waals surface area contributed by atoms with E-state index in [2.05, 4.69) is 14.9 Å². The number of rotatable bonds is 4. The highest BCUT2D eigenvalue weighted by Crippen LogP contribution is 2.54. The summed E-state index contributed by atoms with van der Waals surface area (Å²) in [5.74, 6) is -1.20. The summed E-state index contributed by atoms with van der Waals surface area (Å²) in [6.45, 7) is 1.39. The number of nitrogens with two attached hydrogens (primary N) is 1. The van der Waals surface area contributed by atoms with E-state index in [9.17, 15) is 14.3 Å². The highest BCUT2D eigenvalue weighted by atomic mass is 19.1. The zero-order valence-electron chi connectivity index (χ0n) is 17.9. The van der Waals surface area contributed by atoms with Crippen LogP contribution in [0.15, 0.2) is 36.5 Å². The Balaban J connectivity index is 1.59. The summed E-state index contributed by atoms with van der Waals surface area (Å²) in [7, 11) is 1.96. The number of aromatic nitrogens is 2. The molecule has 6 rings (SSSR count). The van der Waals surface area contributed by atoms with Crippen molar-refractivity contribution < 1.29 is 14.3 Å². The predicted octanol–water partition coefficient (Wildman–Crippen LogP) is 3.02. The van der Waals surface area contributed by atoms with Gasteiger partial charge in [-0.2, -0.15) is 0 Å². The van der Waals surface area contributed by atoms with Crippen LogP contribution in [0.1, 0.15) is 40.0 Å². The molecule has 0 spiro atoms. The minimum Gasteiger partial charge on any atom is -0.478 e. The van der Waals surface area contributed by atoms with E-state index in [-0.39, 0.29) is 16.8 Å². The number of hydrogen-bond acceptors (Lipinski definition) is 4. The Bertz CT molecular complexity index is 1290. The summed E-state index contributed by atoms with van der Waals surface area (Å²) < 4.78 is 15.9. The highest BCUT2D eigenvalue weighted by Gasteiger charge is 2.63. The van der Waals surface area contributed by atoms with Gasteiger partial charge in [0.15, 0.2) is 0 Å². The Morgan fingerprint density at radius 3 is 2.66 bits per heavy atom. The van der Waals surface area contributed by atoms with E-state index in [4.69, 9.17) is 5.73 Å². The molecule has 0 bridgehead atoms. The van der Waals surface area contributed by atoms with E-state index in [1.54, 1.807) is 6.07 Å². The van der Waals surface area contributed by atoms with Crippen LogP contribution in [0.25, 0.3) is 22.5 Å². The quantitative estimate of drug-likeness (QED) is 0.589. The lowest BCUT2D eigenvalue weighted by molar-refractivity contribution is 0.0688. The molecule has 0 amide bonds. The molecular formula is C25H25FN4O2. The fourth-order valence-electron chi connectivity index (χ4n) is 5.83. The van der Waals surface area contributed by atoms with Gasteiger partial charge in [0, 0.05) is 48.7 Å². The third kappa shape index (κ3) is 2.52. The molecule has 1 aromatic carbocycles. The summed E-state index contributed by atoms with van der Waals surface area (Å²) in [6, 6.07) is 8.36. The number of carboxylic acid groups (broad SMARTS) is 1. The zero-order valence-corrected chi connectivity index (χ0v) is 17.9. The Morgan fingerprint density at radius 1 is 1.25 bits per heavy atom. The van der Waals surface area contributed by atoms with Crippen molar-refractivity contribution in [2.45, 2.75) is 36.6 Å². The van der Waals surface area contributed by atoms with Crippen molar-refractivity contribution in [3.8, 4) is 22.5 Å². The smallest absolute Gasteiger partial charge is 0.337 e. The number of benzene rings is 1. The first-order chi connectivity index (χ1) is 15.3. The molecule has 3 aromatic rings. The first kappa shape index (κ1) is 19.6. The number of pyridine rings is 1. The van der Waals surface area contributed by atoms with Gasteiger partial charge in [0.2, 0.25) is 0 Å². The Kier molecular flexibility index (Phi) is 3.99. The molecule has 3 aliphatic rings. The highest BCUT2D eigenvalue weighted by molar-refractivity contribution is 5.96. The molecular weight excluding hydrogens is 407 g/mol. The standard InChI is InChI=1S/C25H25FN4O2/c1-30-21-17(20(23(31)32)22(30)24(12-28-13-24)25(27)7-8-25)6-5-15-11-29-19(10-18(15)21)14-3-2-4-16(26)9-14/h2-4,9-11,28H,5-8,12-13,27H2,1H3,(H,31,32). The van der Waals surface area contributed by atoms with Crippen molar-refractivity contribution in [2.24, 2.45) is 12.8 Å². The molecule has 1 saturated heterocycles. The van der Waals surface area contributed by atoms with Crippen LogP contribution < -0.4 is 11.1 Å². The Morgan fingerprint density at radius 2 is 2.03 bits per heavy atom. The molecule has 6 nitrogen and oxygen atoms in total. The van der Waals surface area contributed by atoms with Gasteiger partial charge in [-0.1, -0.05) is 12.1 Å². The van der Waals surface area contributed by atoms with Crippen LogP contribution in [0.4, 0.5) is 4.39 Å². The molecule has 0 radical (unpaired) electrons. The lowest BCUT2D eigenvalue weighted by Gasteiger charge is -2.48. The van der Waals surface area contributed by atoms with Crippen LogP contribution in [0.5, 0.6) is 0 Å². The summed E-state index contributed by atoms with van der Waals surface area (Å²) >= 11 is 0. The van der Waals surface area contributed by atoms with E-state index in [1.165, 1.54) is 12.1 Å². The number of aromatic carboxylic acids is 1. The number of hydrogen-bond donors (Lipinski definition) is 3. The molecule has 2 aromatic heterocycles. The Hall–Kier alpha value is -3.03. The largest absolute Gasteiger partial charge is 0.478 e. The van der Waals surface area contributed by atoms with Crippen LogP contribution in [-0.4, -0.2) is 39.3 Å². The first-order valence-electron chi connectivity index (χ1n) is 11.0. The number of carbonyl (C=O) groups is 1. The number of carboxylic acids is 1. The van der Waals surface area contributed by atoms with Crippen LogP contribution in [0.3, 0.4) is 0 Å². The summed E-state index contributed by atoms with van der Waals surface area (Å²) in [5.41, 5.74) is 12.5. The lowest BCUT2D eigenvalue weighted by atomic mass is 9.68. The first-order valence-corrected chi connectivity index (χ1v) is 11.0. The van der Waals surface area contributed by atoms with Crippen molar-refractivity contribution in [2.75, 3.05) is 13.1 Å². The van der Waals surface area contributed by atoms with Crippen LogP contribution in [-0.2, 0) is 25.3 Å². The van der Waals surface area contributed by atoms with Crippen molar-refractivity contribution >= 4 is 5.97 Å². The van der Waals surface area contributed by atoms with Crippen molar-refractivity contribution in [1.29, 1.82) is 0 Å². The SMILES string of the molecule is Cn1c2c(c(C(=O)O)c1C1(C3(N)CC3)CNC1)CCc1cnc(-c3cccc(F)c3)cc1-2. The lowest BCUT2D eigenvalue weighted by Crippen LogP contribution is -2.68. The minimum atomic E-state index is -0.893. The van der Waals surface area contributed by atoms with Crippen LogP contribution in [0, 0.1) is 5.82 Å². The van der Waals surface area contributed by atoms with Crippen molar-refractivity contribution in [1.82, 2.24) is 14.9 Å². The maximum absolute atomic E-state index is 13.8. The van der Waals surface area contributed by atoms with E-state index in [0.29, 0.717) is 36.3 Å². The van der Waals surface area contributed by atoms with Gasteiger partial charge in [0.25, 0.3) is 0 Å². The topological polar surface area (TPSA) is 93.2 Å². The minimum absolute atomic E-state index is 0.311. The molecule has 2 fully saturated rings. The summed E-state index contributed by atoms with van der Waals surface area (Å²) in [6.07, 6.45) is 5.04. The van der Waals surface area contributed by atoms with Gasteiger partial charge in [0.1, 0.15) is 5.82 Å². The van der Waals surface area contributed by atoms with Gasteiger partial charge in [-0.05, 0) is 55.0 Å². The third-order valence-corrected chi connectivity index (χ3v) is 7.76. The van der Waals surface area contributed by atoms with Crippen molar-refractivity contribution in [3.63, 3.8) is 0 Å². The maximum atomic E-state index is 13.8. The second-order valence-electron chi connectivity index (χ2n) is 9.49. The van der Waals surface area contributed by atoms with Gasteiger partial charge < -0.3 is 20.7 Å².